The van der Waals surface area contributed by atoms with Crippen LogP contribution in [0.25, 0.3) is 32.7 Å². The summed E-state index contributed by atoms with van der Waals surface area (Å²) in [7, 11) is -10.9. The minimum atomic E-state index is -5.61. The Bertz CT molecular complexity index is 3740. The van der Waals surface area contributed by atoms with Crippen molar-refractivity contribution in [2.24, 2.45) is 0 Å². The molecule has 0 spiro atoms. The second-order valence-electron chi connectivity index (χ2n) is 12.4. The van der Waals surface area contributed by atoms with Crippen molar-refractivity contribution >= 4 is 52.4 Å². The van der Waals surface area contributed by atoms with Gasteiger partial charge >= 0.3 is 0 Å². The van der Waals surface area contributed by atoms with Gasteiger partial charge in [0.1, 0.15) is 45.2 Å². The Morgan fingerprint density at radius 3 is 1.39 bits per heavy atom. The predicted molar refractivity (Wildman–Crippen MR) is 193 cm³/mol. The lowest BCUT2D eigenvalue weighted by atomic mass is 10.1. The zero-order valence-corrected chi connectivity index (χ0v) is 32.4. The molecule has 0 unspecified atom stereocenters. The molecule has 7 rings (SSSR count). The second kappa shape index (κ2) is 15.4. The fourth-order valence-corrected chi connectivity index (χ4v) is 10.1. The maximum atomic E-state index is 15.2. The predicted octanol–water partition coefficient (Wildman–Crippen LogP) is 7.00. The third-order valence-corrected chi connectivity index (χ3v) is 13.2. The van der Waals surface area contributed by atoms with Gasteiger partial charge in [-0.25, -0.2) is 56.3 Å². The van der Waals surface area contributed by atoms with Crippen LogP contribution in [0.2, 0.25) is 0 Å². The zero-order valence-electron chi connectivity index (χ0n) is 30.8. The normalized spacial score (nSPS) is 11.5. The van der Waals surface area contributed by atoms with E-state index in [0.29, 0.717) is 6.07 Å². The van der Waals surface area contributed by atoms with Gasteiger partial charge in [-0.05, 0) is 46.8 Å². The molecule has 0 bridgehead atoms. The Hall–Kier alpha value is -7.33. The van der Waals surface area contributed by atoms with Crippen LogP contribution in [0.3, 0.4) is 0 Å². The lowest BCUT2D eigenvalue weighted by Crippen LogP contribution is -2.14. The minimum Gasteiger partial charge on any atom is -0.300 e. The highest BCUT2D eigenvalue weighted by molar-refractivity contribution is 7.91. The van der Waals surface area contributed by atoms with Crippen molar-refractivity contribution in [2.75, 3.05) is 0 Å². The van der Waals surface area contributed by atoms with Gasteiger partial charge in [0.15, 0.2) is 46.5 Å². The van der Waals surface area contributed by atoms with E-state index in [1.54, 1.807) is 24.3 Å². The van der Waals surface area contributed by atoms with E-state index in [1.807, 2.05) is 13.8 Å². The first-order valence-electron chi connectivity index (χ1n) is 17.1. The molecule has 0 atom stereocenters. The summed E-state index contributed by atoms with van der Waals surface area (Å²) >= 11 is 0. The standard InChI is InChI=1S/C38H13F9N6O4S2.C2H6/c1-2-17-26(39)27(40)29(42)32(45)37(17)58(54,55)15-3-5-18-20(7-15)23(14(11-50)12-51)36-24(18)25-22(13(9-48)10-49)21-8-16(4-6-19(21)35(25)52-53-36)59(56,57)38-33(46)30(43)28(41)31(44)34(38)47;1-2/h3-8,52-53H,2H2,1H3;1-2H3. The zero-order chi connectivity index (χ0) is 45.2. The fourth-order valence-electron chi connectivity index (χ4n) is 7.01. The topological polar surface area (TPSA) is 195 Å². The number of hydrogen-bond donors (Lipinski definition) is 2. The highest BCUT2D eigenvalue weighted by Crippen LogP contribution is 2.35. The summed E-state index contributed by atoms with van der Waals surface area (Å²) in [5, 5.41) is 43.5. The molecule has 308 valence electrons. The summed E-state index contributed by atoms with van der Waals surface area (Å²) in [6.07, 6.45) is -0.625. The van der Waals surface area contributed by atoms with Gasteiger partial charge in [0.25, 0.3) is 0 Å². The van der Waals surface area contributed by atoms with Crippen molar-refractivity contribution in [3.63, 3.8) is 0 Å². The molecule has 4 aromatic carbocycles. The van der Waals surface area contributed by atoms with Gasteiger partial charge in [-0.3, -0.25) is 10.2 Å². The Kier molecular flexibility index (Phi) is 10.9. The molecule has 21 heteroatoms. The van der Waals surface area contributed by atoms with E-state index in [9.17, 15) is 73.0 Å². The largest absolute Gasteiger partial charge is 0.300 e. The molecule has 0 amide bonds. The van der Waals surface area contributed by atoms with E-state index in [4.69, 9.17) is 0 Å². The molecular weight excluding hydrogens is 864 g/mol. The summed E-state index contributed by atoms with van der Waals surface area (Å²) in [6.45, 7) is 5.14. The minimum absolute atomic E-state index is 0.0321. The number of fused-ring (bicyclic) bond motifs is 5. The highest BCUT2D eigenvalue weighted by Gasteiger charge is 2.36. The Morgan fingerprint density at radius 2 is 0.902 bits per heavy atom. The van der Waals surface area contributed by atoms with Crippen LogP contribution in [0.5, 0.6) is 0 Å². The maximum absolute atomic E-state index is 15.2. The van der Waals surface area contributed by atoms with Crippen LogP contribution in [0.1, 0.15) is 26.3 Å². The van der Waals surface area contributed by atoms with Crippen LogP contribution in [-0.4, -0.2) is 27.0 Å². The average molecular weight is 883 g/mol. The molecule has 2 aliphatic carbocycles. The summed E-state index contributed by atoms with van der Waals surface area (Å²) in [6, 6.07) is 11.6. The molecule has 1 heterocycles. The number of nitrogens with zero attached hydrogens (tertiary/aromatic N) is 4. The molecule has 2 N–H and O–H groups in total. The molecule has 0 radical (unpaired) electrons. The second-order valence-corrected chi connectivity index (χ2v) is 16.2. The summed E-state index contributed by atoms with van der Waals surface area (Å²) in [5.41, 5.74) is -2.48. The molecule has 3 aliphatic rings. The SMILES string of the molecule is CC.CCc1c(F)c(F)c(F)c(F)c1S(=O)(=O)c1ccc2c3c4c(=C(C#N)C#N)c5cc(S(=O)(=O)c6c(F)c(F)c(F)c(F)c6F)ccc5c=4[nH][nH]c=3c(=C(C#N)C#N)c2c1. The van der Waals surface area contributed by atoms with Crippen molar-refractivity contribution in [1.82, 2.24) is 10.2 Å². The number of H-pyrrole nitrogens is 2. The van der Waals surface area contributed by atoms with Gasteiger partial charge in [0.05, 0.1) is 20.5 Å². The number of nitrogens with one attached hydrogen (secondary N) is 2. The van der Waals surface area contributed by atoms with Crippen LogP contribution in [0.15, 0.2) is 56.0 Å². The lowest BCUT2D eigenvalue weighted by Gasteiger charge is -2.13. The molecule has 0 fully saturated rings. The van der Waals surface area contributed by atoms with E-state index in [2.05, 4.69) is 10.2 Å². The quantitative estimate of drug-likeness (QED) is 0.0798. The van der Waals surface area contributed by atoms with Crippen LogP contribution in [0.4, 0.5) is 39.5 Å². The summed E-state index contributed by atoms with van der Waals surface area (Å²) in [5.74, 6) is -22.0. The van der Waals surface area contributed by atoms with Crippen molar-refractivity contribution in [3.05, 3.63) is 126 Å². The average Bonchev–Trinajstić information content (AvgIpc) is 3.76. The highest BCUT2D eigenvalue weighted by atomic mass is 32.2. The van der Waals surface area contributed by atoms with Gasteiger partial charge in [-0.15, -0.1) is 0 Å². The molecule has 4 aromatic rings. The first kappa shape index (κ1) is 43.3. The van der Waals surface area contributed by atoms with E-state index in [1.165, 1.54) is 0 Å². The molecular formula is C40H19F9N6O4S2. The van der Waals surface area contributed by atoms with E-state index < -0.39 is 120 Å². The Balaban J connectivity index is 0.00000307. The monoisotopic (exact) mass is 882 g/mol. The van der Waals surface area contributed by atoms with Crippen LogP contribution < -0.4 is 10.4 Å². The molecule has 0 saturated carbocycles. The third kappa shape index (κ3) is 6.04. The Labute approximate surface area is 336 Å². The van der Waals surface area contributed by atoms with E-state index in [0.717, 1.165) is 37.3 Å². The number of rotatable bonds is 5. The number of hydrogen-bond acceptors (Lipinski definition) is 8. The van der Waals surface area contributed by atoms with Gasteiger partial charge in [-0.2, -0.15) is 21.0 Å². The van der Waals surface area contributed by atoms with Crippen molar-refractivity contribution in [2.45, 2.75) is 46.8 Å². The van der Waals surface area contributed by atoms with Crippen molar-refractivity contribution in [3.8, 4) is 24.3 Å². The van der Waals surface area contributed by atoms with Crippen LogP contribution >= 0.6 is 0 Å². The molecule has 10 nitrogen and oxygen atoms in total. The summed E-state index contributed by atoms with van der Waals surface area (Å²) in [4.78, 5) is -5.68. The smallest absolute Gasteiger partial charge is 0.212 e. The maximum Gasteiger partial charge on any atom is 0.212 e. The number of sulfone groups is 2. The summed E-state index contributed by atoms with van der Waals surface area (Å²) < 4.78 is 185. The van der Waals surface area contributed by atoms with Gasteiger partial charge in [0.2, 0.25) is 25.5 Å². The van der Waals surface area contributed by atoms with Gasteiger partial charge < -0.3 is 0 Å². The van der Waals surface area contributed by atoms with Crippen LogP contribution in [0, 0.1) is 119 Å². The molecule has 0 saturated heterocycles. The third-order valence-electron chi connectivity index (χ3n) is 9.57. The van der Waals surface area contributed by atoms with Gasteiger partial charge in [-0.1, -0.05) is 32.9 Å². The molecule has 1 aliphatic heterocycles. The first-order chi connectivity index (χ1) is 28.8. The number of aromatic amines is 2. The van der Waals surface area contributed by atoms with E-state index in [-0.39, 0.29) is 47.9 Å². The fraction of sp³-hybridized carbons (Fsp3) is 0.100. The number of benzene rings is 4. The molecule has 0 aromatic heterocycles. The van der Waals surface area contributed by atoms with Crippen molar-refractivity contribution < 1.29 is 56.3 Å². The number of aromatic nitrogens is 2. The number of nitriles is 4. The van der Waals surface area contributed by atoms with E-state index >= 15 is 4.39 Å². The lowest BCUT2D eigenvalue weighted by molar-refractivity contribution is 0.357. The molecule has 61 heavy (non-hydrogen) atoms. The van der Waals surface area contributed by atoms with Gasteiger partial charge in [0, 0.05) is 31.8 Å². The van der Waals surface area contributed by atoms with Crippen molar-refractivity contribution in [1.29, 1.82) is 21.0 Å². The number of halogens is 9. The Morgan fingerprint density at radius 1 is 0.508 bits per heavy atom. The van der Waals surface area contributed by atoms with Crippen LogP contribution in [-0.2, 0) is 26.1 Å². The first-order valence-corrected chi connectivity index (χ1v) is 20.1.